The van der Waals surface area contributed by atoms with Gasteiger partial charge in [-0.05, 0) is 19.4 Å². The van der Waals surface area contributed by atoms with E-state index < -0.39 is 0 Å². The lowest BCUT2D eigenvalue weighted by Gasteiger charge is -2.16. The van der Waals surface area contributed by atoms with Gasteiger partial charge in [-0.25, -0.2) is 0 Å². The SMILES string of the molecule is CCCNC(=O)CNC(C)c1ccc(OC)cc1O. The van der Waals surface area contributed by atoms with E-state index in [0.717, 1.165) is 12.0 Å². The van der Waals surface area contributed by atoms with Gasteiger partial charge in [-0.15, -0.1) is 0 Å². The Hall–Kier alpha value is -1.75. The summed E-state index contributed by atoms with van der Waals surface area (Å²) in [6.07, 6.45) is 0.917. The van der Waals surface area contributed by atoms with Crippen molar-refractivity contribution in [2.24, 2.45) is 0 Å². The Morgan fingerprint density at radius 1 is 1.47 bits per heavy atom. The van der Waals surface area contributed by atoms with Gasteiger partial charge in [0.2, 0.25) is 5.91 Å². The number of benzene rings is 1. The summed E-state index contributed by atoms with van der Waals surface area (Å²) in [5, 5.41) is 15.7. The van der Waals surface area contributed by atoms with E-state index in [1.54, 1.807) is 25.3 Å². The third-order valence-electron chi connectivity index (χ3n) is 2.85. The molecule has 0 aliphatic heterocycles. The summed E-state index contributed by atoms with van der Waals surface area (Å²) >= 11 is 0. The molecule has 0 aromatic heterocycles. The normalized spacial score (nSPS) is 11.9. The molecule has 19 heavy (non-hydrogen) atoms. The van der Waals surface area contributed by atoms with Gasteiger partial charge in [-0.3, -0.25) is 4.79 Å². The predicted molar refractivity (Wildman–Crippen MR) is 74.4 cm³/mol. The van der Waals surface area contributed by atoms with E-state index in [-0.39, 0.29) is 24.2 Å². The number of phenolic OH excluding ortho intramolecular Hbond substituents is 1. The van der Waals surface area contributed by atoms with Crippen molar-refractivity contribution in [3.8, 4) is 11.5 Å². The maximum atomic E-state index is 11.5. The Kier molecular flexibility index (Phi) is 6.15. The molecule has 3 N–H and O–H groups in total. The minimum atomic E-state index is -0.113. The number of carbonyl (C=O) groups excluding carboxylic acids is 1. The van der Waals surface area contributed by atoms with Crippen LogP contribution in [0.5, 0.6) is 11.5 Å². The molecule has 1 atom stereocenters. The molecule has 1 amide bonds. The molecule has 1 aromatic rings. The van der Waals surface area contributed by atoms with Gasteiger partial charge in [0.1, 0.15) is 11.5 Å². The van der Waals surface area contributed by atoms with Crippen LogP contribution in [0.1, 0.15) is 31.9 Å². The van der Waals surface area contributed by atoms with Crippen molar-refractivity contribution in [2.45, 2.75) is 26.3 Å². The minimum absolute atomic E-state index is 0.0401. The highest BCUT2D eigenvalue weighted by atomic mass is 16.5. The van der Waals surface area contributed by atoms with Crippen molar-refractivity contribution < 1.29 is 14.6 Å². The Morgan fingerprint density at radius 2 is 2.21 bits per heavy atom. The molecule has 5 heteroatoms. The first-order valence-electron chi connectivity index (χ1n) is 6.45. The van der Waals surface area contributed by atoms with Gasteiger partial charge in [-0.1, -0.05) is 13.0 Å². The van der Waals surface area contributed by atoms with Crippen molar-refractivity contribution in [1.29, 1.82) is 0 Å². The molecule has 106 valence electrons. The molecule has 1 unspecified atom stereocenters. The number of aromatic hydroxyl groups is 1. The van der Waals surface area contributed by atoms with Gasteiger partial charge in [-0.2, -0.15) is 0 Å². The molecule has 0 bridgehead atoms. The van der Waals surface area contributed by atoms with Gasteiger partial charge in [0, 0.05) is 24.2 Å². The quantitative estimate of drug-likeness (QED) is 0.700. The van der Waals surface area contributed by atoms with Crippen LogP contribution in [0.4, 0.5) is 0 Å². The number of amides is 1. The summed E-state index contributed by atoms with van der Waals surface area (Å²) in [4.78, 5) is 11.5. The molecule has 0 saturated carbocycles. The van der Waals surface area contributed by atoms with Crippen LogP contribution in [0, 0.1) is 0 Å². The molecule has 0 heterocycles. The van der Waals surface area contributed by atoms with Crippen LogP contribution in [0.15, 0.2) is 18.2 Å². The number of carbonyl (C=O) groups is 1. The molecule has 0 radical (unpaired) electrons. The highest BCUT2D eigenvalue weighted by molar-refractivity contribution is 5.78. The van der Waals surface area contributed by atoms with Crippen molar-refractivity contribution in [2.75, 3.05) is 20.2 Å². The highest BCUT2D eigenvalue weighted by Crippen LogP contribution is 2.27. The van der Waals surface area contributed by atoms with E-state index in [1.807, 2.05) is 13.8 Å². The first-order chi connectivity index (χ1) is 9.08. The molecule has 0 aliphatic rings. The highest BCUT2D eigenvalue weighted by Gasteiger charge is 2.12. The Morgan fingerprint density at radius 3 is 2.79 bits per heavy atom. The van der Waals surface area contributed by atoms with Gasteiger partial charge in [0.15, 0.2) is 0 Å². The first-order valence-corrected chi connectivity index (χ1v) is 6.45. The van der Waals surface area contributed by atoms with Crippen LogP contribution in [0.2, 0.25) is 0 Å². The van der Waals surface area contributed by atoms with Crippen LogP contribution in [-0.4, -0.2) is 31.2 Å². The van der Waals surface area contributed by atoms with Crippen LogP contribution in [0.25, 0.3) is 0 Å². The van der Waals surface area contributed by atoms with E-state index in [4.69, 9.17) is 4.74 Å². The van der Waals surface area contributed by atoms with Gasteiger partial charge in [0.05, 0.1) is 13.7 Å². The second-order valence-corrected chi connectivity index (χ2v) is 4.38. The summed E-state index contributed by atoms with van der Waals surface area (Å²) in [5.74, 6) is 0.726. The van der Waals surface area contributed by atoms with E-state index in [1.165, 1.54) is 0 Å². The lowest BCUT2D eigenvalue weighted by atomic mass is 10.1. The third kappa shape index (κ3) is 4.79. The second-order valence-electron chi connectivity index (χ2n) is 4.38. The molecule has 0 aliphatic carbocycles. The zero-order valence-electron chi connectivity index (χ0n) is 11.7. The van der Waals surface area contributed by atoms with Crippen LogP contribution >= 0.6 is 0 Å². The first kappa shape index (κ1) is 15.3. The van der Waals surface area contributed by atoms with Gasteiger partial charge in [0.25, 0.3) is 0 Å². The number of ether oxygens (including phenoxy) is 1. The largest absolute Gasteiger partial charge is 0.507 e. The molecule has 1 aromatic carbocycles. The Labute approximate surface area is 114 Å². The topological polar surface area (TPSA) is 70.6 Å². The van der Waals surface area contributed by atoms with Crippen LogP contribution in [-0.2, 0) is 4.79 Å². The molecule has 0 fully saturated rings. The average Bonchev–Trinajstić information content (AvgIpc) is 2.42. The van der Waals surface area contributed by atoms with Crippen molar-refractivity contribution in [3.63, 3.8) is 0 Å². The Balaban J connectivity index is 2.53. The van der Waals surface area contributed by atoms with Crippen LogP contribution in [0.3, 0.4) is 0 Å². The van der Waals surface area contributed by atoms with Crippen molar-refractivity contribution in [1.82, 2.24) is 10.6 Å². The molecule has 5 nitrogen and oxygen atoms in total. The second kappa shape index (κ2) is 7.63. The fraction of sp³-hybridized carbons (Fsp3) is 0.500. The van der Waals surface area contributed by atoms with Crippen molar-refractivity contribution in [3.05, 3.63) is 23.8 Å². The molecular formula is C14H22N2O3. The summed E-state index contributed by atoms with van der Waals surface area (Å²) in [7, 11) is 1.55. The van der Waals surface area contributed by atoms with E-state index >= 15 is 0 Å². The number of nitrogens with one attached hydrogen (secondary N) is 2. The fourth-order valence-corrected chi connectivity index (χ4v) is 1.70. The molecular weight excluding hydrogens is 244 g/mol. The van der Waals surface area contributed by atoms with E-state index in [9.17, 15) is 9.90 Å². The van der Waals surface area contributed by atoms with Crippen LogP contribution < -0.4 is 15.4 Å². The standard InChI is InChI=1S/C14H22N2O3/c1-4-7-15-14(18)9-16-10(2)12-6-5-11(19-3)8-13(12)17/h5-6,8,10,16-17H,4,7,9H2,1-3H3,(H,15,18). The lowest BCUT2D eigenvalue weighted by Crippen LogP contribution is -2.35. The van der Waals surface area contributed by atoms with Gasteiger partial charge < -0.3 is 20.5 Å². The zero-order valence-corrected chi connectivity index (χ0v) is 11.7. The number of rotatable bonds is 7. The Bertz CT molecular complexity index is 421. The monoisotopic (exact) mass is 266 g/mol. The fourth-order valence-electron chi connectivity index (χ4n) is 1.70. The molecule has 0 saturated heterocycles. The summed E-state index contributed by atoms with van der Waals surface area (Å²) < 4.78 is 5.03. The predicted octanol–water partition coefficient (Wildman–Crippen LogP) is 1.58. The number of phenols is 1. The summed E-state index contributed by atoms with van der Waals surface area (Å²) in [6, 6.07) is 5.02. The maximum absolute atomic E-state index is 11.5. The van der Waals surface area contributed by atoms with Crippen molar-refractivity contribution >= 4 is 5.91 Å². The molecule has 0 spiro atoms. The third-order valence-corrected chi connectivity index (χ3v) is 2.85. The smallest absolute Gasteiger partial charge is 0.233 e. The van der Waals surface area contributed by atoms with E-state index in [2.05, 4.69) is 10.6 Å². The number of hydrogen-bond acceptors (Lipinski definition) is 4. The number of hydrogen-bond donors (Lipinski definition) is 3. The maximum Gasteiger partial charge on any atom is 0.233 e. The summed E-state index contributed by atoms with van der Waals surface area (Å²) in [5.41, 5.74) is 0.740. The zero-order chi connectivity index (χ0) is 14.3. The van der Waals surface area contributed by atoms with E-state index in [0.29, 0.717) is 12.3 Å². The lowest BCUT2D eigenvalue weighted by molar-refractivity contribution is -0.120. The summed E-state index contributed by atoms with van der Waals surface area (Å²) in [6.45, 7) is 4.82. The average molecular weight is 266 g/mol. The number of methoxy groups -OCH3 is 1. The van der Waals surface area contributed by atoms with Gasteiger partial charge >= 0.3 is 0 Å². The molecule has 1 rings (SSSR count). The minimum Gasteiger partial charge on any atom is -0.507 e.